The molecule has 4 heteroatoms. The van der Waals surface area contributed by atoms with Crippen molar-refractivity contribution in [1.29, 1.82) is 0 Å². The molecular weight excluding hydrogens is 179 g/mol. The van der Waals surface area contributed by atoms with Gasteiger partial charge >= 0.3 is 84.9 Å². The Morgan fingerprint density at radius 3 is 3.00 bits per heavy atom. The van der Waals surface area contributed by atoms with Crippen LogP contribution in [-0.4, -0.2) is 50.9 Å². The summed E-state index contributed by atoms with van der Waals surface area (Å²) in [6, 6.07) is 0.226. The van der Waals surface area contributed by atoms with E-state index in [1.807, 2.05) is 0 Å². The summed E-state index contributed by atoms with van der Waals surface area (Å²) >= 11 is 0. The fraction of sp³-hybridized carbons (Fsp3) is 0.900. The van der Waals surface area contributed by atoms with E-state index in [2.05, 4.69) is 13.8 Å². The van der Waals surface area contributed by atoms with Crippen LogP contribution in [0, 0.1) is 0 Å². The summed E-state index contributed by atoms with van der Waals surface area (Å²) in [7, 11) is 3.47. The molecule has 0 aromatic rings. The van der Waals surface area contributed by atoms with Crippen LogP contribution in [0.3, 0.4) is 0 Å². The van der Waals surface area contributed by atoms with E-state index in [0.717, 1.165) is 12.8 Å². The summed E-state index contributed by atoms with van der Waals surface area (Å²) in [6.07, 6.45) is 2.05. The Kier molecular flexibility index (Phi) is 2.78. The minimum atomic E-state index is -0.229. The molecule has 1 fully saturated rings. The van der Waals surface area contributed by atoms with Gasteiger partial charge in [-0.1, -0.05) is 0 Å². The van der Waals surface area contributed by atoms with Crippen molar-refractivity contribution in [2.75, 3.05) is 20.8 Å². The molecule has 2 rings (SSSR count). The number of methoxy groups -OCH3 is 2. The Hall–Kier alpha value is -0.185. The van der Waals surface area contributed by atoms with E-state index >= 15 is 0 Å². The van der Waals surface area contributed by atoms with Crippen molar-refractivity contribution in [2.24, 2.45) is 0 Å². The first-order valence-electron chi connectivity index (χ1n) is 5.07. The molecule has 0 N–H and O–H groups in total. The third-order valence-electron chi connectivity index (χ3n) is 3.14. The molecular formula is C10H17BO3. The Labute approximate surface area is 85.6 Å². The second-order valence-corrected chi connectivity index (χ2v) is 4.30. The first kappa shape index (κ1) is 10.3. The van der Waals surface area contributed by atoms with E-state index in [1.54, 1.807) is 14.2 Å². The van der Waals surface area contributed by atoms with Crippen molar-refractivity contribution in [2.45, 2.75) is 37.5 Å². The van der Waals surface area contributed by atoms with Crippen LogP contribution in [-0.2, 0) is 14.2 Å². The van der Waals surface area contributed by atoms with Crippen LogP contribution in [0.4, 0.5) is 0 Å². The summed E-state index contributed by atoms with van der Waals surface area (Å²) in [5.74, 6) is 0. The van der Waals surface area contributed by atoms with Gasteiger partial charge in [-0.15, -0.1) is 0 Å². The molecule has 0 radical (unpaired) electrons. The van der Waals surface area contributed by atoms with Crippen molar-refractivity contribution in [3.63, 3.8) is 0 Å². The Bertz CT molecular complexity index is 254. The van der Waals surface area contributed by atoms with E-state index in [9.17, 15) is 0 Å². The number of rotatable bonds is 3. The fourth-order valence-electron chi connectivity index (χ4n) is 2.69. The molecule has 0 amide bonds. The number of hydrogen-bond acceptors (Lipinski definition) is 3. The molecule has 1 unspecified atom stereocenters. The summed E-state index contributed by atoms with van der Waals surface area (Å²) in [5, 5.41) is 0. The minimum absolute atomic E-state index is 0.168. The van der Waals surface area contributed by atoms with Crippen molar-refractivity contribution >= 4 is 12.4 Å². The zero-order valence-electron chi connectivity index (χ0n) is 9.08. The number of hydrogen-bond donors (Lipinski definition) is 0. The molecule has 0 aromatic carbocycles. The zero-order valence-corrected chi connectivity index (χ0v) is 9.08. The van der Waals surface area contributed by atoms with Crippen molar-refractivity contribution in [3.8, 4) is 0 Å². The average Bonchev–Trinajstić information content (AvgIpc) is 2.37. The van der Waals surface area contributed by atoms with Crippen LogP contribution in [0.25, 0.3) is 0 Å². The second kappa shape index (κ2) is 3.76. The Morgan fingerprint density at radius 2 is 2.36 bits per heavy atom. The van der Waals surface area contributed by atoms with Gasteiger partial charge in [0.25, 0.3) is 0 Å². The van der Waals surface area contributed by atoms with Gasteiger partial charge in [0.1, 0.15) is 0 Å². The molecule has 2 heterocycles. The van der Waals surface area contributed by atoms with Crippen LogP contribution in [0.1, 0.15) is 19.8 Å². The SMILES string of the molecule is COC[C@@]12CC(C)=B[C@@H](CC1OC)O2. The predicted molar refractivity (Wildman–Crippen MR) is 55.9 cm³/mol. The molecule has 0 aliphatic carbocycles. The molecule has 0 aromatic heterocycles. The van der Waals surface area contributed by atoms with Gasteiger partial charge in [-0.25, -0.2) is 0 Å². The van der Waals surface area contributed by atoms with Crippen molar-refractivity contribution < 1.29 is 14.2 Å². The van der Waals surface area contributed by atoms with Crippen molar-refractivity contribution in [3.05, 3.63) is 0 Å². The maximum atomic E-state index is 5.97. The van der Waals surface area contributed by atoms with Crippen LogP contribution < -0.4 is 0 Å². The molecule has 2 aliphatic heterocycles. The molecule has 3 nitrogen and oxygen atoms in total. The Morgan fingerprint density at radius 1 is 1.57 bits per heavy atom. The van der Waals surface area contributed by atoms with Crippen LogP contribution in [0.2, 0.25) is 0 Å². The topological polar surface area (TPSA) is 27.7 Å². The van der Waals surface area contributed by atoms with E-state index in [0.29, 0.717) is 6.61 Å². The first-order chi connectivity index (χ1) is 6.70. The molecule has 2 bridgehead atoms. The van der Waals surface area contributed by atoms with E-state index in [4.69, 9.17) is 14.2 Å². The second-order valence-electron chi connectivity index (χ2n) is 4.30. The van der Waals surface area contributed by atoms with Gasteiger partial charge in [-0.2, -0.15) is 0 Å². The standard InChI is InChI=1S/C10H17BO3/c1-7-5-10(6-12-2)8(13-3)4-9(11-7)14-10/h8-9H,4-6H2,1-3H3/t8?,9-,10+/m1/s1. The van der Waals surface area contributed by atoms with Gasteiger partial charge in [-0.3, -0.25) is 0 Å². The van der Waals surface area contributed by atoms with E-state index in [-0.39, 0.29) is 17.7 Å². The van der Waals surface area contributed by atoms with Gasteiger partial charge in [0.2, 0.25) is 0 Å². The first-order valence-corrected chi connectivity index (χ1v) is 5.07. The van der Waals surface area contributed by atoms with Crippen LogP contribution in [0.5, 0.6) is 0 Å². The molecule has 0 saturated carbocycles. The van der Waals surface area contributed by atoms with Crippen LogP contribution >= 0.6 is 0 Å². The third-order valence-corrected chi connectivity index (χ3v) is 3.14. The van der Waals surface area contributed by atoms with E-state index in [1.165, 1.54) is 5.46 Å². The summed E-state index contributed by atoms with van der Waals surface area (Å²) < 4.78 is 16.7. The molecule has 78 valence electrons. The van der Waals surface area contributed by atoms with Gasteiger partial charge in [0.15, 0.2) is 0 Å². The zero-order chi connectivity index (χ0) is 10.2. The fourth-order valence-corrected chi connectivity index (χ4v) is 2.69. The molecule has 14 heavy (non-hydrogen) atoms. The van der Waals surface area contributed by atoms with Gasteiger partial charge < -0.3 is 0 Å². The molecule has 0 spiro atoms. The third kappa shape index (κ3) is 1.55. The normalized spacial score (nSPS) is 40.6. The van der Waals surface area contributed by atoms with Gasteiger partial charge in [0.05, 0.1) is 0 Å². The summed E-state index contributed by atoms with van der Waals surface area (Å²) in [6.45, 7) is 4.97. The van der Waals surface area contributed by atoms with Gasteiger partial charge in [-0.05, 0) is 0 Å². The monoisotopic (exact) mass is 196 g/mol. The van der Waals surface area contributed by atoms with Crippen LogP contribution in [0.15, 0.2) is 0 Å². The maximum absolute atomic E-state index is 5.97. The predicted octanol–water partition coefficient (Wildman–Crippen LogP) is 0.433. The molecule has 1 saturated heterocycles. The van der Waals surface area contributed by atoms with Crippen molar-refractivity contribution in [1.82, 2.24) is 0 Å². The molecule has 3 atom stereocenters. The molecule has 2 aliphatic rings. The summed E-state index contributed by atoms with van der Waals surface area (Å²) in [5.41, 5.74) is 1.16. The summed E-state index contributed by atoms with van der Waals surface area (Å²) in [4.78, 5) is 0. The quantitative estimate of drug-likeness (QED) is 0.612. The number of fused-ring (bicyclic) bond motifs is 2. The van der Waals surface area contributed by atoms with Gasteiger partial charge in [0, 0.05) is 0 Å². The number of ether oxygens (including phenoxy) is 3. The average molecular weight is 196 g/mol. The van der Waals surface area contributed by atoms with E-state index < -0.39 is 0 Å². The Balaban J connectivity index is 2.21.